The summed E-state index contributed by atoms with van der Waals surface area (Å²) in [6.07, 6.45) is 4.88. The van der Waals surface area contributed by atoms with Crippen molar-refractivity contribution in [3.05, 3.63) is 23.5 Å². The van der Waals surface area contributed by atoms with E-state index in [1.54, 1.807) is 12.3 Å². The summed E-state index contributed by atoms with van der Waals surface area (Å²) < 4.78 is 5.69. The molecule has 0 aliphatic carbocycles. The summed E-state index contributed by atoms with van der Waals surface area (Å²) >= 11 is 1.89. The fourth-order valence-electron chi connectivity index (χ4n) is 2.91. The zero-order valence-corrected chi connectivity index (χ0v) is 12.7. The van der Waals surface area contributed by atoms with Gasteiger partial charge in [-0.05, 0) is 31.1 Å². The second kappa shape index (κ2) is 6.54. The fraction of sp³-hybridized carbons (Fsp3) is 0.600. The van der Waals surface area contributed by atoms with Gasteiger partial charge in [-0.15, -0.1) is 0 Å². The molecule has 2 atom stereocenters. The Morgan fingerprint density at radius 1 is 1.57 bits per heavy atom. The summed E-state index contributed by atoms with van der Waals surface area (Å²) in [4.78, 5) is 17.6. The zero-order chi connectivity index (χ0) is 14.7. The lowest BCUT2D eigenvalue weighted by Crippen LogP contribution is -2.44. The monoisotopic (exact) mass is 305 g/mol. The van der Waals surface area contributed by atoms with Crippen molar-refractivity contribution >= 4 is 17.7 Å². The lowest BCUT2D eigenvalue weighted by molar-refractivity contribution is 0.0438. The van der Waals surface area contributed by atoms with Crippen LogP contribution in [0.1, 0.15) is 35.3 Å². The maximum Gasteiger partial charge on any atom is 0.270 e. The van der Waals surface area contributed by atoms with E-state index in [-0.39, 0.29) is 18.1 Å². The van der Waals surface area contributed by atoms with E-state index in [1.807, 2.05) is 16.7 Å². The van der Waals surface area contributed by atoms with Crippen molar-refractivity contribution < 1.29 is 9.53 Å². The van der Waals surface area contributed by atoms with Crippen LogP contribution < -0.4 is 0 Å². The Balaban J connectivity index is 1.76. The Morgan fingerprint density at radius 2 is 2.48 bits per heavy atom. The van der Waals surface area contributed by atoms with Crippen LogP contribution in [-0.2, 0) is 4.74 Å². The van der Waals surface area contributed by atoms with Crippen LogP contribution in [-0.4, -0.2) is 52.6 Å². The van der Waals surface area contributed by atoms with Gasteiger partial charge in [-0.25, -0.2) is 0 Å². The minimum atomic E-state index is -0.0144. The number of carbonyl (C=O) groups excluding carboxylic acids is 1. The normalized spacial score (nSPS) is 24.9. The van der Waals surface area contributed by atoms with Crippen molar-refractivity contribution in [2.24, 2.45) is 0 Å². The number of nitrogens with zero attached hydrogens (tertiary/aromatic N) is 2. The summed E-state index contributed by atoms with van der Waals surface area (Å²) in [5, 5.41) is 8.89. The van der Waals surface area contributed by atoms with Crippen molar-refractivity contribution in [1.82, 2.24) is 9.88 Å². The maximum absolute atomic E-state index is 12.8. The summed E-state index contributed by atoms with van der Waals surface area (Å²) in [6, 6.07) is 3.96. The molecule has 5 nitrogen and oxygen atoms in total. The molecule has 3 heterocycles. The lowest BCUT2D eigenvalue weighted by atomic mass is 10.1. The second-order valence-electron chi connectivity index (χ2n) is 5.52. The number of H-pyrrole nitrogens is 1. The van der Waals surface area contributed by atoms with Crippen LogP contribution in [0.3, 0.4) is 0 Å². The van der Waals surface area contributed by atoms with E-state index in [9.17, 15) is 4.79 Å². The summed E-state index contributed by atoms with van der Waals surface area (Å²) in [7, 11) is 0. The molecule has 6 heteroatoms. The van der Waals surface area contributed by atoms with Gasteiger partial charge in [0.2, 0.25) is 0 Å². The highest BCUT2D eigenvalue weighted by Crippen LogP contribution is 2.25. The van der Waals surface area contributed by atoms with Gasteiger partial charge in [0.15, 0.2) is 0 Å². The number of ether oxygens (including phenoxy) is 1. The molecule has 2 aliphatic heterocycles. The molecular formula is C15H19N3O2S. The van der Waals surface area contributed by atoms with Crippen LogP contribution in [0, 0.1) is 11.3 Å². The molecule has 0 spiro atoms. The first kappa shape index (κ1) is 14.5. The first-order chi connectivity index (χ1) is 10.3. The molecule has 21 heavy (non-hydrogen) atoms. The van der Waals surface area contributed by atoms with Crippen LogP contribution >= 0.6 is 11.8 Å². The lowest BCUT2D eigenvalue weighted by Gasteiger charge is -2.30. The van der Waals surface area contributed by atoms with E-state index in [2.05, 4.69) is 11.1 Å². The summed E-state index contributed by atoms with van der Waals surface area (Å²) in [5.41, 5.74) is 0.998. The molecule has 1 N–H and O–H groups in total. The quantitative estimate of drug-likeness (QED) is 0.924. The van der Waals surface area contributed by atoms with E-state index >= 15 is 0 Å². The van der Waals surface area contributed by atoms with Crippen LogP contribution in [0.25, 0.3) is 0 Å². The van der Waals surface area contributed by atoms with E-state index in [1.165, 1.54) is 0 Å². The molecule has 3 rings (SSSR count). The molecule has 112 valence electrons. The van der Waals surface area contributed by atoms with Crippen LogP contribution in [0.4, 0.5) is 0 Å². The Bertz CT molecular complexity index is 539. The number of rotatable bonds is 4. The minimum Gasteiger partial charge on any atom is -0.376 e. The van der Waals surface area contributed by atoms with Gasteiger partial charge < -0.3 is 14.6 Å². The van der Waals surface area contributed by atoms with Crippen molar-refractivity contribution in [1.29, 1.82) is 5.26 Å². The van der Waals surface area contributed by atoms with Gasteiger partial charge in [-0.2, -0.15) is 17.0 Å². The number of hydrogen-bond acceptors (Lipinski definition) is 4. The average Bonchev–Trinajstić information content (AvgIpc) is 3.25. The van der Waals surface area contributed by atoms with Gasteiger partial charge in [0.1, 0.15) is 11.8 Å². The van der Waals surface area contributed by atoms with Gasteiger partial charge in [0, 0.05) is 31.1 Å². The van der Waals surface area contributed by atoms with Crippen molar-refractivity contribution in [2.75, 3.05) is 24.7 Å². The minimum absolute atomic E-state index is 0.0144. The van der Waals surface area contributed by atoms with Gasteiger partial charge in [-0.1, -0.05) is 0 Å². The second-order valence-corrected chi connectivity index (χ2v) is 6.67. The van der Waals surface area contributed by atoms with Crippen LogP contribution in [0.15, 0.2) is 12.3 Å². The number of thioether (sulfide) groups is 1. The maximum atomic E-state index is 12.8. The number of aromatic amines is 1. The highest BCUT2D eigenvalue weighted by Gasteiger charge is 2.31. The molecule has 2 aliphatic rings. The average molecular weight is 305 g/mol. The van der Waals surface area contributed by atoms with Gasteiger partial charge in [0.25, 0.3) is 5.91 Å². The number of hydrogen-bond donors (Lipinski definition) is 1. The van der Waals surface area contributed by atoms with Crippen molar-refractivity contribution in [3.8, 4) is 6.07 Å². The van der Waals surface area contributed by atoms with Crippen molar-refractivity contribution in [3.63, 3.8) is 0 Å². The Morgan fingerprint density at radius 3 is 3.10 bits per heavy atom. The number of aromatic nitrogens is 1. The van der Waals surface area contributed by atoms with Crippen LogP contribution in [0.2, 0.25) is 0 Å². The van der Waals surface area contributed by atoms with Crippen molar-refractivity contribution in [2.45, 2.75) is 31.4 Å². The third-order valence-corrected chi connectivity index (χ3v) is 5.22. The zero-order valence-electron chi connectivity index (χ0n) is 11.9. The first-order valence-electron chi connectivity index (χ1n) is 7.37. The molecule has 1 aromatic rings. The third kappa shape index (κ3) is 3.25. The first-order valence-corrected chi connectivity index (χ1v) is 8.52. The Hall–Kier alpha value is -1.45. The highest BCUT2D eigenvalue weighted by molar-refractivity contribution is 7.99. The SMILES string of the molecule is N#Cc1c[nH]c(C(=O)N(C[C@H]2CCCO2)[C@@H]2CCSC2)c1. The molecule has 2 fully saturated rings. The largest absolute Gasteiger partial charge is 0.376 e. The van der Waals surface area contributed by atoms with E-state index in [0.717, 1.165) is 37.4 Å². The molecule has 1 amide bonds. The fourth-order valence-corrected chi connectivity index (χ4v) is 4.13. The standard InChI is InChI=1S/C15H19N3O2S/c16-7-11-6-14(17-8-11)15(19)18(12-3-5-21-10-12)9-13-2-1-4-20-13/h6,8,12-13,17H,1-5,9-10H2/t12-,13-/m1/s1. The van der Waals surface area contributed by atoms with Crippen LogP contribution in [0.5, 0.6) is 0 Å². The predicted molar refractivity (Wildman–Crippen MR) is 81.2 cm³/mol. The molecule has 0 unspecified atom stereocenters. The molecule has 0 saturated carbocycles. The van der Waals surface area contributed by atoms with E-state index < -0.39 is 0 Å². The molecule has 2 saturated heterocycles. The Kier molecular flexibility index (Phi) is 4.51. The van der Waals surface area contributed by atoms with E-state index in [0.29, 0.717) is 17.8 Å². The Labute approximate surface area is 128 Å². The summed E-state index contributed by atoms with van der Waals surface area (Å²) in [5.74, 6) is 2.08. The highest BCUT2D eigenvalue weighted by atomic mass is 32.2. The number of nitrogens with one attached hydrogen (secondary N) is 1. The molecule has 0 radical (unpaired) electrons. The van der Waals surface area contributed by atoms with Gasteiger partial charge >= 0.3 is 0 Å². The number of amides is 1. The number of nitriles is 1. The van der Waals surface area contributed by atoms with Gasteiger partial charge in [0.05, 0.1) is 11.7 Å². The predicted octanol–water partition coefficient (Wildman–Crippen LogP) is 2.01. The molecule has 0 aromatic carbocycles. The molecule has 0 bridgehead atoms. The third-order valence-electron chi connectivity index (χ3n) is 4.07. The number of carbonyl (C=O) groups is 1. The van der Waals surface area contributed by atoms with E-state index in [4.69, 9.17) is 10.00 Å². The summed E-state index contributed by atoms with van der Waals surface area (Å²) in [6.45, 7) is 1.46. The smallest absolute Gasteiger partial charge is 0.270 e. The molecular weight excluding hydrogens is 286 g/mol. The van der Waals surface area contributed by atoms with Gasteiger partial charge in [-0.3, -0.25) is 4.79 Å². The molecule has 1 aromatic heterocycles. The topological polar surface area (TPSA) is 69.1 Å².